The summed E-state index contributed by atoms with van der Waals surface area (Å²) in [4.78, 5) is 10.8. The molecule has 1 heterocycles. The van der Waals surface area contributed by atoms with Crippen LogP contribution in [0.15, 0.2) is 9.98 Å². The number of rotatable bonds is 3. The number of nitrogens with two attached hydrogens (primary N) is 1. The quantitative estimate of drug-likeness (QED) is 0.524. The summed E-state index contributed by atoms with van der Waals surface area (Å²) >= 11 is 0. The van der Waals surface area contributed by atoms with Gasteiger partial charge in [-0.1, -0.05) is 6.92 Å². The van der Waals surface area contributed by atoms with Crippen LogP contribution < -0.4 is 11.1 Å². The van der Waals surface area contributed by atoms with Crippen molar-refractivity contribution in [2.24, 2.45) is 15.7 Å². The third kappa shape index (κ3) is 3.42. The average Bonchev–Trinajstić information content (AvgIpc) is 2.64. The molecule has 1 aliphatic rings. The molecule has 0 bridgehead atoms. The van der Waals surface area contributed by atoms with Gasteiger partial charge < -0.3 is 10.6 Å². The monoisotopic (exact) mass is 211 g/mol. The third-order valence-corrected chi connectivity index (χ3v) is 2.50. The fraction of sp³-hybridized carbons (Fsp3) is 0.800. The second-order valence-electron chi connectivity index (χ2n) is 3.68. The van der Waals surface area contributed by atoms with Gasteiger partial charge in [0.15, 0.2) is 5.96 Å². The minimum Gasteiger partial charge on any atom is -0.370 e. The van der Waals surface area contributed by atoms with E-state index in [0.717, 1.165) is 32.0 Å². The van der Waals surface area contributed by atoms with Gasteiger partial charge in [-0.05, 0) is 20.3 Å². The maximum absolute atomic E-state index is 5.78. The number of likely N-dealkylation sites (N-methyl/N-ethyl adjacent to an activating group) is 1. The van der Waals surface area contributed by atoms with Crippen molar-refractivity contribution in [3.63, 3.8) is 0 Å². The molecule has 0 saturated heterocycles. The van der Waals surface area contributed by atoms with Crippen LogP contribution in [-0.2, 0) is 0 Å². The number of guanidine groups is 2. The van der Waals surface area contributed by atoms with Crippen molar-refractivity contribution in [3.05, 3.63) is 0 Å². The summed E-state index contributed by atoms with van der Waals surface area (Å²) in [5.41, 5.74) is 5.78. The normalized spacial score (nSPS) is 19.0. The molecule has 0 fully saturated rings. The summed E-state index contributed by atoms with van der Waals surface area (Å²) in [6, 6.07) is 0.259. The molecule has 3 N–H and O–H groups in total. The zero-order valence-electron chi connectivity index (χ0n) is 9.82. The van der Waals surface area contributed by atoms with Gasteiger partial charge in [-0.2, -0.15) is 0 Å². The van der Waals surface area contributed by atoms with Gasteiger partial charge in [-0.15, -0.1) is 0 Å². The molecule has 0 radical (unpaired) electrons. The second-order valence-corrected chi connectivity index (χ2v) is 3.68. The second kappa shape index (κ2) is 5.58. The lowest BCUT2D eigenvalue weighted by atomic mass is 10.3. The van der Waals surface area contributed by atoms with E-state index in [9.17, 15) is 0 Å². The Balaban J connectivity index is 2.50. The summed E-state index contributed by atoms with van der Waals surface area (Å²) < 4.78 is 0. The molecule has 0 saturated carbocycles. The van der Waals surface area contributed by atoms with Gasteiger partial charge in [0, 0.05) is 13.1 Å². The highest BCUT2D eigenvalue weighted by molar-refractivity contribution is 5.98. The first-order chi connectivity index (χ1) is 7.17. The number of hydrogen-bond donors (Lipinski definition) is 2. The van der Waals surface area contributed by atoms with Crippen molar-refractivity contribution in [2.45, 2.75) is 33.2 Å². The first-order valence-corrected chi connectivity index (χ1v) is 5.57. The molecular weight excluding hydrogens is 190 g/mol. The Hall–Kier alpha value is -1.26. The molecular formula is C10H21N5. The molecule has 0 spiro atoms. The molecule has 0 aromatic heterocycles. The molecule has 0 aromatic rings. The summed E-state index contributed by atoms with van der Waals surface area (Å²) in [5, 5.41) is 3.05. The van der Waals surface area contributed by atoms with Crippen molar-refractivity contribution in [1.82, 2.24) is 10.2 Å². The molecule has 15 heavy (non-hydrogen) atoms. The Morgan fingerprint density at radius 1 is 1.67 bits per heavy atom. The van der Waals surface area contributed by atoms with Gasteiger partial charge in [0.05, 0.1) is 12.6 Å². The predicted molar refractivity (Wildman–Crippen MR) is 64.1 cm³/mol. The standard InChI is InChI=1S/C10H21N5/c1-4-8(3)13-9(11)14-10-12-6-7-15(10)5-2/h8H,4-7H2,1-3H3,(H3,11,12,13,14). The van der Waals surface area contributed by atoms with Crippen LogP contribution >= 0.6 is 0 Å². The minimum absolute atomic E-state index is 0.259. The Kier molecular flexibility index (Phi) is 4.39. The van der Waals surface area contributed by atoms with Crippen molar-refractivity contribution in [2.75, 3.05) is 19.6 Å². The molecule has 0 aromatic carbocycles. The molecule has 1 aliphatic heterocycles. The lowest BCUT2D eigenvalue weighted by Gasteiger charge is -2.18. The Labute approximate surface area is 91.5 Å². The van der Waals surface area contributed by atoms with Crippen molar-refractivity contribution >= 4 is 11.9 Å². The van der Waals surface area contributed by atoms with Crippen LogP contribution in [0.4, 0.5) is 0 Å². The molecule has 0 amide bonds. The Morgan fingerprint density at radius 2 is 2.40 bits per heavy atom. The summed E-state index contributed by atoms with van der Waals surface area (Å²) in [7, 11) is 0. The van der Waals surface area contributed by atoms with Crippen LogP contribution in [0.1, 0.15) is 27.2 Å². The van der Waals surface area contributed by atoms with E-state index in [1.165, 1.54) is 0 Å². The van der Waals surface area contributed by atoms with Gasteiger partial charge in [0.1, 0.15) is 0 Å². The van der Waals surface area contributed by atoms with Crippen molar-refractivity contribution in [3.8, 4) is 0 Å². The van der Waals surface area contributed by atoms with Gasteiger partial charge in [-0.25, -0.2) is 0 Å². The first kappa shape index (κ1) is 11.8. The number of nitrogens with one attached hydrogen (secondary N) is 1. The fourth-order valence-corrected chi connectivity index (χ4v) is 1.38. The van der Waals surface area contributed by atoms with E-state index in [1.807, 2.05) is 6.92 Å². The minimum atomic E-state index is 0.259. The lowest BCUT2D eigenvalue weighted by Crippen LogP contribution is -2.45. The number of nitrogens with zero attached hydrogens (tertiary/aromatic N) is 3. The Morgan fingerprint density at radius 3 is 3.00 bits per heavy atom. The first-order valence-electron chi connectivity index (χ1n) is 5.57. The van der Waals surface area contributed by atoms with E-state index in [1.54, 1.807) is 0 Å². The van der Waals surface area contributed by atoms with Crippen LogP contribution in [0.2, 0.25) is 0 Å². The predicted octanol–water partition coefficient (Wildman–Crippen LogP) is 0.381. The van der Waals surface area contributed by atoms with E-state index in [-0.39, 0.29) is 6.04 Å². The molecule has 5 heteroatoms. The van der Waals surface area contributed by atoms with Crippen LogP contribution in [0.25, 0.3) is 0 Å². The highest BCUT2D eigenvalue weighted by atomic mass is 15.4. The SMILES string of the molecule is CCC(C)N=C(N)NC1=NCCN1CC. The fourth-order valence-electron chi connectivity index (χ4n) is 1.38. The van der Waals surface area contributed by atoms with Gasteiger partial charge in [0.25, 0.3) is 0 Å². The Bertz CT molecular complexity index is 259. The van der Waals surface area contributed by atoms with E-state index in [0.29, 0.717) is 5.96 Å². The summed E-state index contributed by atoms with van der Waals surface area (Å²) in [6.45, 7) is 8.99. The van der Waals surface area contributed by atoms with Gasteiger partial charge in [-0.3, -0.25) is 15.3 Å². The number of aliphatic imine (C=N–C) groups is 2. The van der Waals surface area contributed by atoms with Crippen LogP contribution in [0, 0.1) is 0 Å². The molecule has 86 valence electrons. The molecule has 1 rings (SSSR count). The van der Waals surface area contributed by atoms with Crippen molar-refractivity contribution in [1.29, 1.82) is 0 Å². The van der Waals surface area contributed by atoms with Crippen LogP contribution in [0.5, 0.6) is 0 Å². The maximum atomic E-state index is 5.78. The van der Waals surface area contributed by atoms with E-state index < -0.39 is 0 Å². The molecule has 0 aliphatic carbocycles. The smallest absolute Gasteiger partial charge is 0.200 e. The average molecular weight is 211 g/mol. The number of hydrogen-bond acceptors (Lipinski definition) is 3. The highest BCUT2D eigenvalue weighted by Crippen LogP contribution is 1.99. The zero-order valence-corrected chi connectivity index (χ0v) is 9.82. The van der Waals surface area contributed by atoms with E-state index in [4.69, 9.17) is 5.73 Å². The topological polar surface area (TPSA) is 66.0 Å². The zero-order chi connectivity index (χ0) is 11.3. The largest absolute Gasteiger partial charge is 0.370 e. The molecule has 5 nitrogen and oxygen atoms in total. The lowest BCUT2D eigenvalue weighted by molar-refractivity contribution is 0.474. The van der Waals surface area contributed by atoms with E-state index >= 15 is 0 Å². The molecule has 1 atom stereocenters. The summed E-state index contributed by atoms with van der Waals surface area (Å²) in [6.07, 6.45) is 0.992. The highest BCUT2D eigenvalue weighted by Gasteiger charge is 2.15. The molecule has 1 unspecified atom stereocenters. The summed E-state index contributed by atoms with van der Waals surface area (Å²) in [5.74, 6) is 1.31. The van der Waals surface area contributed by atoms with Crippen LogP contribution in [-0.4, -0.2) is 42.5 Å². The van der Waals surface area contributed by atoms with Gasteiger partial charge >= 0.3 is 0 Å². The maximum Gasteiger partial charge on any atom is 0.200 e. The van der Waals surface area contributed by atoms with E-state index in [2.05, 4.69) is 34.0 Å². The van der Waals surface area contributed by atoms with Gasteiger partial charge in [0.2, 0.25) is 5.96 Å². The van der Waals surface area contributed by atoms with Crippen LogP contribution in [0.3, 0.4) is 0 Å². The van der Waals surface area contributed by atoms with Crippen molar-refractivity contribution < 1.29 is 0 Å². The third-order valence-electron chi connectivity index (χ3n) is 2.50.